The molecular formula is C18H20F3N3O3S. The monoisotopic (exact) mass is 415 g/mol. The topological polar surface area (TPSA) is 81.2 Å². The smallest absolute Gasteiger partial charge is 0.445 e. The largest absolute Gasteiger partial charge is 0.494 e. The fraction of sp³-hybridized carbons (Fsp3) is 0.444. The van der Waals surface area contributed by atoms with Crippen molar-refractivity contribution >= 4 is 28.2 Å². The summed E-state index contributed by atoms with van der Waals surface area (Å²) in [4.78, 5) is 24.0. The van der Waals surface area contributed by atoms with Gasteiger partial charge in [0.1, 0.15) is 5.75 Å². The van der Waals surface area contributed by atoms with Gasteiger partial charge in [0.05, 0.1) is 6.61 Å². The number of anilines is 1. The van der Waals surface area contributed by atoms with Gasteiger partial charge in [-0.3, -0.25) is 9.59 Å². The maximum absolute atomic E-state index is 12.5. The van der Waals surface area contributed by atoms with Gasteiger partial charge in [0.2, 0.25) is 16.0 Å². The molecule has 2 aromatic rings. The Bertz CT molecular complexity index is 791. The highest BCUT2D eigenvalue weighted by Crippen LogP contribution is 2.33. The highest BCUT2D eigenvalue weighted by atomic mass is 32.1. The van der Waals surface area contributed by atoms with Crippen molar-refractivity contribution in [2.24, 2.45) is 0 Å². The van der Waals surface area contributed by atoms with Crippen LogP contribution in [0.2, 0.25) is 0 Å². The second-order valence-electron chi connectivity index (χ2n) is 5.96. The van der Waals surface area contributed by atoms with Gasteiger partial charge >= 0.3 is 6.18 Å². The third-order valence-corrected chi connectivity index (χ3v) is 4.57. The third-order valence-electron chi connectivity index (χ3n) is 3.69. The minimum atomic E-state index is -4.61. The van der Waals surface area contributed by atoms with E-state index >= 15 is 0 Å². The molecule has 28 heavy (non-hydrogen) atoms. The van der Waals surface area contributed by atoms with E-state index in [-0.39, 0.29) is 35.1 Å². The molecule has 6 nitrogen and oxygen atoms in total. The normalized spacial score (nSPS) is 11.3. The van der Waals surface area contributed by atoms with Gasteiger partial charge < -0.3 is 10.1 Å². The van der Waals surface area contributed by atoms with Crippen LogP contribution in [0.5, 0.6) is 5.75 Å². The van der Waals surface area contributed by atoms with Crippen LogP contribution < -0.4 is 10.1 Å². The summed E-state index contributed by atoms with van der Waals surface area (Å²) in [6.45, 7) is 2.72. The van der Waals surface area contributed by atoms with Crippen LogP contribution >= 0.6 is 11.3 Å². The van der Waals surface area contributed by atoms with E-state index in [2.05, 4.69) is 22.4 Å². The number of ketones is 1. The molecule has 0 bridgehead atoms. The number of unbranched alkanes of at least 4 members (excludes halogenated alkanes) is 2. The Morgan fingerprint density at radius 1 is 1.11 bits per heavy atom. The van der Waals surface area contributed by atoms with Crippen molar-refractivity contribution in [3.63, 3.8) is 0 Å². The lowest BCUT2D eigenvalue weighted by Crippen LogP contribution is -2.13. The zero-order valence-electron chi connectivity index (χ0n) is 15.2. The number of hydrogen-bond acceptors (Lipinski definition) is 6. The fourth-order valence-corrected chi connectivity index (χ4v) is 2.85. The zero-order chi connectivity index (χ0) is 20.6. The molecule has 1 N–H and O–H groups in total. The van der Waals surface area contributed by atoms with E-state index in [1.807, 2.05) is 0 Å². The number of alkyl halides is 3. The van der Waals surface area contributed by atoms with Crippen LogP contribution in [-0.2, 0) is 11.0 Å². The second kappa shape index (κ2) is 10.2. The van der Waals surface area contributed by atoms with Gasteiger partial charge in [0, 0.05) is 18.4 Å². The molecule has 2 rings (SSSR count). The number of carbonyl (C=O) groups is 2. The SMILES string of the molecule is CCCCCOc1ccc(C(=O)CCC(=O)Nc2nnc(C(F)(F)F)s2)cc1. The number of nitrogens with one attached hydrogen (secondary N) is 1. The van der Waals surface area contributed by atoms with Crippen molar-refractivity contribution in [3.8, 4) is 5.75 Å². The van der Waals surface area contributed by atoms with Crippen LogP contribution in [0.3, 0.4) is 0 Å². The van der Waals surface area contributed by atoms with Crippen LogP contribution in [0.25, 0.3) is 0 Å². The van der Waals surface area contributed by atoms with Crippen molar-refractivity contribution in [2.45, 2.75) is 45.2 Å². The van der Waals surface area contributed by atoms with Crippen molar-refractivity contribution in [1.29, 1.82) is 0 Å². The Morgan fingerprint density at radius 2 is 1.82 bits per heavy atom. The number of nitrogens with zero attached hydrogens (tertiary/aromatic N) is 2. The average molecular weight is 415 g/mol. The molecule has 1 heterocycles. The molecule has 0 unspecified atom stereocenters. The maximum atomic E-state index is 12.5. The molecular weight excluding hydrogens is 395 g/mol. The molecule has 0 saturated heterocycles. The van der Waals surface area contributed by atoms with E-state index < -0.39 is 17.1 Å². The average Bonchev–Trinajstić information content (AvgIpc) is 3.13. The standard InChI is InChI=1S/C18H20F3N3O3S/c1-2-3-4-11-27-13-7-5-12(6-8-13)14(25)9-10-15(26)22-17-24-23-16(28-17)18(19,20)21/h5-8H,2-4,9-11H2,1H3,(H,22,24,26). The van der Waals surface area contributed by atoms with E-state index in [9.17, 15) is 22.8 Å². The maximum Gasteiger partial charge on any atom is 0.445 e. The molecule has 0 fully saturated rings. The first-order valence-corrected chi connectivity index (χ1v) is 9.58. The number of ether oxygens (including phenoxy) is 1. The number of Topliss-reactive ketones (excluding diaryl/α,β-unsaturated/α-hetero) is 1. The second-order valence-corrected chi connectivity index (χ2v) is 6.94. The summed E-state index contributed by atoms with van der Waals surface area (Å²) in [6.07, 6.45) is -1.70. The van der Waals surface area contributed by atoms with Crippen LogP contribution in [0, 0.1) is 0 Å². The zero-order valence-corrected chi connectivity index (χ0v) is 16.0. The molecule has 0 saturated carbocycles. The number of benzene rings is 1. The number of rotatable bonds is 10. The minimum Gasteiger partial charge on any atom is -0.494 e. The van der Waals surface area contributed by atoms with Crippen molar-refractivity contribution in [1.82, 2.24) is 10.2 Å². The summed E-state index contributed by atoms with van der Waals surface area (Å²) < 4.78 is 42.9. The molecule has 0 spiro atoms. The predicted octanol–water partition coefficient (Wildman–Crippen LogP) is 4.73. The quantitative estimate of drug-likeness (QED) is 0.448. The number of carbonyl (C=O) groups excluding carboxylic acids is 2. The van der Waals surface area contributed by atoms with E-state index in [1.54, 1.807) is 24.3 Å². The molecule has 1 amide bonds. The van der Waals surface area contributed by atoms with Gasteiger partial charge in [-0.2, -0.15) is 13.2 Å². The first-order valence-electron chi connectivity index (χ1n) is 8.76. The highest BCUT2D eigenvalue weighted by Gasteiger charge is 2.35. The Balaban J connectivity index is 1.78. The predicted molar refractivity (Wildman–Crippen MR) is 98.6 cm³/mol. The summed E-state index contributed by atoms with van der Waals surface area (Å²) in [5.74, 6) is -0.183. The van der Waals surface area contributed by atoms with Gasteiger partial charge in [0.15, 0.2) is 5.78 Å². The summed E-state index contributed by atoms with van der Waals surface area (Å²) in [6, 6.07) is 6.63. The van der Waals surface area contributed by atoms with E-state index in [1.165, 1.54) is 0 Å². The van der Waals surface area contributed by atoms with Gasteiger partial charge in [-0.25, -0.2) is 0 Å². The molecule has 1 aromatic heterocycles. The van der Waals surface area contributed by atoms with E-state index in [0.29, 0.717) is 17.9 Å². The molecule has 10 heteroatoms. The van der Waals surface area contributed by atoms with Crippen LogP contribution in [0.15, 0.2) is 24.3 Å². The fourth-order valence-electron chi connectivity index (χ4n) is 2.22. The number of halogens is 3. The van der Waals surface area contributed by atoms with Gasteiger partial charge in [-0.05, 0) is 30.7 Å². The minimum absolute atomic E-state index is 0.0759. The molecule has 0 aliphatic rings. The third kappa shape index (κ3) is 6.91. The Morgan fingerprint density at radius 3 is 2.43 bits per heavy atom. The van der Waals surface area contributed by atoms with Crippen molar-refractivity contribution in [2.75, 3.05) is 11.9 Å². The number of amides is 1. The summed E-state index contributed by atoms with van der Waals surface area (Å²) in [5, 5.41) is 7.06. The Kier molecular flexibility index (Phi) is 7.91. The first-order chi connectivity index (χ1) is 13.3. The van der Waals surface area contributed by atoms with E-state index in [4.69, 9.17) is 4.74 Å². The summed E-state index contributed by atoms with van der Waals surface area (Å²) in [7, 11) is 0. The lowest BCUT2D eigenvalue weighted by atomic mass is 10.1. The molecule has 1 aromatic carbocycles. The lowest BCUT2D eigenvalue weighted by molar-refractivity contribution is -0.138. The summed E-state index contributed by atoms with van der Waals surface area (Å²) in [5.41, 5.74) is 0.434. The van der Waals surface area contributed by atoms with Crippen molar-refractivity contribution in [3.05, 3.63) is 34.8 Å². The molecule has 152 valence electrons. The Labute approximate surface area is 164 Å². The number of aromatic nitrogens is 2. The van der Waals surface area contributed by atoms with E-state index in [0.717, 1.165) is 19.3 Å². The van der Waals surface area contributed by atoms with Gasteiger partial charge in [0.25, 0.3) is 0 Å². The van der Waals surface area contributed by atoms with Crippen LogP contribution in [0.1, 0.15) is 54.4 Å². The van der Waals surface area contributed by atoms with Gasteiger partial charge in [-0.1, -0.05) is 31.1 Å². The Hall–Kier alpha value is -2.49. The van der Waals surface area contributed by atoms with Crippen LogP contribution in [-0.4, -0.2) is 28.5 Å². The summed E-state index contributed by atoms with van der Waals surface area (Å²) >= 11 is 0.232. The first kappa shape index (κ1) is 21.8. The van der Waals surface area contributed by atoms with Crippen molar-refractivity contribution < 1.29 is 27.5 Å². The van der Waals surface area contributed by atoms with Gasteiger partial charge in [-0.15, -0.1) is 10.2 Å². The highest BCUT2D eigenvalue weighted by molar-refractivity contribution is 7.15. The molecule has 0 atom stereocenters. The van der Waals surface area contributed by atoms with Crippen LogP contribution in [0.4, 0.5) is 18.3 Å². The molecule has 0 aliphatic heterocycles. The molecule has 0 radical (unpaired) electrons. The lowest BCUT2D eigenvalue weighted by Gasteiger charge is -2.06. The number of hydrogen-bond donors (Lipinski definition) is 1. The molecule has 0 aliphatic carbocycles.